The van der Waals surface area contributed by atoms with Crippen molar-refractivity contribution in [1.82, 2.24) is 4.90 Å². The molecule has 2 fully saturated rings. The molecule has 2 aliphatic heterocycles. The van der Waals surface area contributed by atoms with Gasteiger partial charge >= 0.3 is 12.2 Å². The van der Waals surface area contributed by atoms with Crippen molar-refractivity contribution in [2.75, 3.05) is 36.5 Å². The molecule has 7 nitrogen and oxygen atoms in total. The summed E-state index contributed by atoms with van der Waals surface area (Å²) in [5, 5.41) is 0. The number of carbonyl (C=O) groups is 2. The number of carbonyl (C=O) groups excluding carboxylic acids is 2. The smallest absolute Gasteiger partial charge is 0.416 e. The maximum atomic E-state index is 14.4. The summed E-state index contributed by atoms with van der Waals surface area (Å²) in [6.45, 7) is 4.80. The van der Waals surface area contributed by atoms with E-state index in [0.717, 1.165) is 21.9 Å². The molecule has 154 valence electrons. The number of alkyl halides is 1. The lowest BCUT2D eigenvalue weighted by molar-refractivity contribution is -0.00992. The Morgan fingerprint density at radius 2 is 1.79 bits per heavy atom. The minimum atomic E-state index is -1.11. The molecule has 0 aromatic heterocycles. The molecule has 0 bridgehead atoms. The maximum Gasteiger partial charge on any atom is 0.416 e. The van der Waals surface area contributed by atoms with Gasteiger partial charge in [-0.05, 0) is 20.8 Å². The van der Waals surface area contributed by atoms with E-state index in [2.05, 4.69) is 0 Å². The van der Waals surface area contributed by atoms with Crippen LogP contribution in [0.3, 0.4) is 0 Å². The van der Waals surface area contributed by atoms with Gasteiger partial charge < -0.3 is 14.4 Å². The van der Waals surface area contributed by atoms with E-state index < -0.39 is 41.8 Å². The van der Waals surface area contributed by atoms with Crippen molar-refractivity contribution in [3.05, 3.63) is 23.8 Å². The molecule has 0 N–H and O–H groups in total. The second-order valence-electron chi connectivity index (χ2n) is 7.80. The van der Waals surface area contributed by atoms with Crippen LogP contribution in [0.15, 0.2) is 12.1 Å². The average Bonchev–Trinajstić information content (AvgIpc) is 2.91. The Kier molecular flexibility index (Phi) is 5.07. The topological polar surface area (TPSA) is 62.3 Å². The van der Waals surface area contributed by atoms with Crippen LogP contribution in [0.25, 0.3) is 0 Å². The molecular formula is C18H22F3N3O4. The van der Waals surface area contributed by atoms with E-state index >= 15 is 0 Å². The highest BCUT2D eigenvalue weighted by molar-refractivity contribution is 5.90. The first kappa shape index (κ1) is 20.1. The zero-order chi connectivity index (χ0) is 20.8. The van der Waals surface area contributed by atoms with Crippen LogP contribution in [-0.2, 0) is 9.47 Å². The summed E-state index contributed by atoms with van der Waals surface area (Å²) in [6, 6.07) is 1.97. The van der Waals surface area contributed by atoms with Crippen molar-refractivity contribution in [3.8, 4) is 0 Å². The van der Waals surface area contributed by atoms with Crippen molar-refractivity contribution >= 4 is 23.6 Å². The van der Waals surface area contributed by atoms with Crippen LogP contribution in [0, 0.1) is 11.6 Å². The van der Waals surface area contributed by atoms with Crippen molar-refractivity contribution < 1.29 is 32.2 Å². The summed E-state index contributed by atoms with van der Waals surface area (Å²) in [5.41, 5.74) is -1.11. The number of halogens is 3. The number of nitrogens with zero attached hydrogens (tertiary/aromatic N) is 3. The van der Waals surface area contributed by atoms with Gasteiger partial charge in [-0.3, -0.25) is 9.80 Å². The van der Waals surface area contributed by atoms with Crippen LogP contribution in [0.5, 0.6) is 0 Å². The zero-order valence-electron chi connectivity index (χ0n) is 16.0. The molecule has 2 amide bonds. The predicted molar refractivity (Wildman–Crippen MR) is 95.1 cm³/mol. The van der Waals surface area contributed by atoms with Gasteiger partial charge in [0, 0.05) is 19.2 Å². The maximum absolute atomic E-state index is 14.4. The molecule has 1 atom stereocenters. The monoisotopic (exact) mass is 401 g/mol. The van der Waals surface area contributed by atoms with E-state index in [1.165, 1.54) is 11.9 Å². The van der Waals surface area contributed by atoms with Gasteiger partial charge in [0.1, 0.15) is 17.5 Å². The van der Waals surface area contributed by atoms with Crippen molar-refractivity contribution in [1.29, 1.82) is 0 Å². The normalized spacial score (nSPS) is 20.1. The van der Waals surface area contributed by atoms with E-state index in [-0.39, 0.29) is 31.0 Å². The van der Waals surface area contributed by atoms with Gasteiger partial charge in [0.15, 0.2) is 17.9 Å². The van der Waals surface area contributed by atoms with Crippen LogP contribution >= 0.6 is 0 Å². The summed E-state index contributed by atoms with van der Waals surface area (Å²) >= 11 is 0. The first-order valence-corrected chi connectivity index (χ1v) is 8.78. The molecule has 1 aromatic rings. The van der Waals surface area contributed by atoms with Gasteiger partial charge in [-0.1, -0.05) is 0 Å². The average molecular weight is 401 g/mol. The van der Waals surface area contributed by atoms with Crippen LogP contribution in [0.4, 0.5) is 34.1 Å². The summed E-state index contributed by atoms with van der Waals surface area (Å²) in [7, 11) is 1.40. The molecule has 3 rings (SSSR count). The van der Waals surface area contributed by atoms with Gasteiger partial charge in [-0.15, -0.1) is 0 Å². The Morgan fingerprint density at radius 3 is 2.29 bits per heavy atom. The molecule has 0 aliphatic carbocycles. The number of ether oxygens (including phenoxy) is 2. The van der Waals surface area contributed by atoms with Crippen LogP contribution in [0.1, 0.15) is 20.8 Å². The van der Waals surface area contributed by atoms with Crippen LogP contribution in [0.2, 0.25) is 0 Å². The number of likely N-dealkylation sites (N-methyl/N-ethyl adjacent to an activating group) is 1. The zero-order valence-corrected chi connectivity index (χ0v) is 16.0. The highest BCUT2D eigenvalue weighted by Gasteiger charge is 2.39. The van der Waals surface area contributed by atoms with Gasteiger partial charge in [0.2, 0.25) is 0 Å². The molecule has 2 heterocycles. The fourth-order valence-corrected chi connectivity index (χ4v) is 2.93. The van der Waals surface area contributed by atoms with Crippen molar-refractivity contribution in [3.63, 3.8) is 0 Å². The SMILES string of the molecule is CN(C(=O)OC(C)(C)C)[C@@H]1CN(c2cc(F)c(N3CC(F)C3)c(F)c2)C(=O)O1. The predicted octanol–water partition coefficient (Wildman–Crippen LogP) is 3.27. The summed E-state index contributed by atoms with van der Waals surface area (Å²) in [6.07, 6.45) is -3.63. The number of hydrogen-bond acceptors (Lipinski definition) is 5. The van der Waals surface area contributed by atoms with Crippen molar-refractivity contribution in [2.24, 2.45) is 0 Å². The molecule has 0 saturated carbocycles. The Bertz CT molecular complexity index is 770. The lowest BCUT2D eigenvalue weighted by Crippen LogP contribution is -2.49. The summed E-state index contributed by atoms with van der Waals surface area (Å²) in [5.74, 6) is -1.81. The molecule has 1 aromatic carbocycles. The third-order valence-electron chi connectivity index (χ3n) is 4.38. The molecular weight excluding hydrogens is 379 g/mol. The number of amides is 2. The Balaban J connectivity index is 1.74. The molecule has 2 aliphatic rings. The van der Waals surface area contributed by atoms with Gasteiger partial charge in [-0.25, -0.2) is 22.8 Å². The molecule has 28 heavy (non-hydrogen) atoms. The summed E-state index contributed by atoms with van der Waals surface area (Å²) < 4.78 is 52.1. The van der Waals surface area contributed by atoms with Gasteiger partial charge in [-0.2, -0.15) is 0 Å². The first-order valence-electron chi connectivity index (χ1n) is 8.78. The molecule has 0 spiro atoms. The minimum absolute atomic E-state index is 0.0545. The number of benzene rings is 1. The number of cyclic esters (lactones) is 1. The van der Waals surface area contributed by atoms with E-state index in [0.29, 0.717) is 0 Å². The standard InChI is InChI=1S/C18H22F3N3O4/c1-18(2,3)28-16(25)22(4)14-9-24(17(26)27-14)11-5-12(20)15(13(21)6-11)23-7-10(19)8-23/h5-6,10,14H,7-9H2,1-4H3/t14-/m0/s1. The number of anilines is 2. The van der Waals surface area contributed by atoms with E-state index in [9.17, 15) is 22.8 Å². The fourth-order valence-electron chi connectivity index (χ4n) is 2.93. The third kappa shape index (κ3) is 3.95. The van der Waals surface area contributed by atoms with Gasteiger partial charge in [0.05, 0.1) is 25.3 Å². The highest BCUT2D eigenvalue weighted by Crippen LogP contribution is 2.33. The summed E-state index contributed by atoms with van der Waals surface area (Å²) in [4.78, 5) is 27.7. The second-order valence-corrected chi connectivity index (χ2v) is 7.80. The Labute approximate surface area is 160 Å². The lowest BCUT2D eigenvalue weighted by Gasteiger charge is -2.36. The Hall–Kier alpha value is -2.65. The Morgan fingerprint density at radius 1 is 1.21 bits per heavy atom. The van der Waals surface area contributed by atoms with E-state index in [4.69, 9.17) is 9.47 Å². The number of rotatable bonds is 3. The van der Waals surface area contributed by atoms with Gasteiger partial charge in [0.25, 0.3) is 0 Å². The van der Waals surface area contributed by atoms with Crippen molar-refractivity contribution in [2.45, 2.75) is 38.8 Å². The quantitative estimate of drug-likeness (QED) is 0.778. The fraction of sp³-hybridized carbons (Fsp3) is 0.556. The molecule has 10 heteroatoms. The molecule has 2 saturated heterocycles. The lowest BCUT2D eigenvalue weighted by atomic mass is 10.1. The highest BCUT2D eigenvalue weighted by atomic mass is 19.1. The van der Waals surface area contributed by atoms with E-state index in [1.807, 2.05) is 0 Å². The van der Waals surface area contributed by atoms with Crippen LogP contribution in [-0.4, -0.2) is 61.8 Å². The molecule has 0 unspecified atom stereocenters. The molecule has 0 radical (unpaired) electrons. The van der Waals surface area contributed by atoms with E-state index in [1.54, 1.807) is 20.8 Å². The van der Waals surface area contributed by atoms with Crippen LogP contribution < -0.4 is 9.80 Å². The largest absolute Gasteiger partial charge is 0.444 e. The third-order valence-corrected chi connectivity index (χ3v) is 4.38. The second kappa shape index (κ2) is 7.06. The minimum Gasteiger partial charge on any atom is -0.444 e. The number of hydrogen-bond donors (Lipinski definition) is 0. The first-order chi connectivity index (χ1) is 13.0.